The highest BCUT2D eigenvalue weighted by Gasteiger charge is 2.27. The molecule has 1 fully saturated rings. The maximum absolute atomic E-state index is 12.7. The minimum absolute atomic E-state index is 0.0976. The Bertz CT molecular complexity index is 884. The van der Waals surface area contributed by atoms with Gasteiger partial charge in [0, 0.05) is 37.4 Å². The summed E-state index contributed by atoms with van der Waals surface area (Å²) in [5, 5.41) is 2.56. The predicted octanol–water partition coefficient (Wildman–Crippen LogP) is 1.08. The summed E-state index contributed by atoms with van der Waals surface area (Å²) in [4.78, 5) is 44.0. The van der Waals surface area contributed by atoms with Crippen molar-refractivity contribution in [1.29, 1.82) is 0 Å². The number of imidazole rings is 1. The highest BCUT2D eigenvalue weighted by atomic mass is 16.5. The van der Waals surface area contributed by atoms with Crippen molar-refractivity contribution in [3.05, 3.63) is 51.6 Å². The van der Waals surface area contributed by atoms with Crippen molar-refractivity contribution >= 4 is 11.9 Å². The van der Waals surface area contributed by atoms with Crippen LogP contribution in [0.25, 0.3) is 0 Å². The van der Waals surface area contributed by atoms with Crippen LogP contribution in [0.4, 0.5) is 0 Å². The minimum atomic E-state index is -0.966. The van der Waals surface area contributed by atoms with Crippen LogP contribution in [0, 0.1) is 6.92 Å². The fourth-order valence-electron chi connectivity index (χ4n) is 3.27. The van der Waals surface area contributed by atoms with Gasteiger partial charge in [0.2, 0.25) is 0 Å². The standard InChI is InChI=1S/C19H23N3O6/c1-11-7-15(12-3-5-27-6-4-12)28-19(25)16(11)17(23)22-14(18(24)26-2)8-13-9-20-10-21-13/h7,9-10,12,14H,3-6,8H2,1-2H3,(H,20,21)(H,22,23)/t14-/m0/s1. The summed E-state index contributed by atoms with van der Waals surface area (Å²) in [7, 11) is 1.23. The van der Waals surface area contributed by atoms with Crippen LogP contribution in [-0.2, 0) is 20.7 Å². The third kappa shape index (κ3) is 4.48. The molecule has 2 aromatic heterocycles. The van der Waals surface area contributed by atoms with Gasteiger partial charge in [0.05, 0.1) is 13.4 Å². The molecule has 9 heteroatoms. The number of rotatable bonds is 6. The average Bonchev–Trinajstić information content (AvgIpc) is 3.20. The van der Waals surface area contributed by atoms with Crippen molar-refractivity contribution in [2.24, 2.45) is 0 Å². The Kier molecular flexibility index (Phi) is 6.25. The lowest BCUT2D eigenvalue weighted by Crippen LogP contribution is -2.44. The summed E-state index contributed by atoms with van der Waals surface area (Å²) in [6.45, 7) is 2.91. The Hall–Kier alpha value is -2.94. The normalized spacial score (nSPS) is 15.8. The number of methoxy groups -OCH3 is 1. The molecule has 3 rings (SSSR count). The fraction of sp³-hybridized carbons (Fsp3) is 0.474. The van der Waals surface area contributed by atoms with Gasteiger partial charge in [-0.3, -0.25) is 4.79 Å². The Morgan fingerprint density at radius 1 is 1.39 bits per heavy atom. The second kappa shape index (κ2) is 8.83. The summed E-state index contributed by atoms with van der Waals surface area (Å²) >= 11 is 0. The van der Waals surface area contributed by atoms with E-state index < -0.39 is 23.5 Å². The number of carbonyl (C=O) groups excluding carboxylic acids is 2. The molecule has 28 heavy (non-hydrogen) atoms. The van der Waals surface area contributed by atoms with Gasteiger partial charge < -0.3 is 24.2 Å². The Morgan fingerprint density at radius 2 is 2.14 bits per heavy atom. The number of hydrogen-bond donors (Lipinski definition) is 2. The molecule has 0 saturated carbocycles. The van der Waals surface area contributed by atoms with Crippen LogP contribution in [0.3, 0.4) is 0 Å². The molecule has 1 atom stereocenters. The Balaban J connectivity index is 1.80. The molecule has 0 radical (unpaired) electrons. The molecule has 0 spiro atoms. The number of aryl methyl sites for hydroxylation is 1. The molecule has 1 saturated heterocycles. The number of amides is 1. The molecule has 2 N–H and O–H groups in total. The number of nitrogens with one attached hydrogen (secondary N) is 2. The molecule has 9 nitrogen and oxygen atoms in total. The molecule has 0 unspecified atom stereocenters. The van der Waals surface area contributed by atoms with E-state index in [1.54, 1.807) is 19.2 Å². The highest BCUT2D eigenvalue weighted by molar-refractivity contribution is 5.97. The number of esters is 1. The molecular formula is C19H23N3O6. The first-order valence-electron chi connectivity index (χ1n) is 9.08. The van der Waals surface area contributed by atoms with Crippen LogP contribution < -0.4 is 10.9 Å². The highest BCUT2D eigenvalue weighted by Crippen LogP contribution is 2.27. The maximum Gasteiger partial charge on any atom is 0.349 e. The van der Waals surface area contributed by atoms with Crippen molar-refractivity contribution in [2.45, 2.75) is 38.1 Å². The van der Waals surface area contributed by atoms with Crippen molar-refractivity contribution in [3.8, 4) is 0 Å². The van der Waals surface area contributed by atoms with Gasteiger partial charge in [-0.1, -0.05) is 0 Å². The monoisotopic (exact) mass is 389 g/mol. The first-order valence-corrected chi connectivity index (χ1v) is 9.08. The largest absolute Gasteiger partial charge is 0.467 e. The first-order chi connectivity index (χ1) is 13.5. The summed E-state index contributed by atoms with van der Waals surface area (Å²) in [6, 6.07) is 0.751. The summed E-state index contributed by atoms with van der Waals surface area (Å²) in [6.07, 6.45) is 4.71. The van der Waals surface area contributed by atoms with Crippen LogP contribution in [0.2, 0.25) is 0 Å². The van der Waals surface area contributed by atoms with Gasteiger partial charge in [-0.15, -0.1) is 0 Å². The molecule has 150 valence electrons. The third-order valence-corrected chi connectivity index (χ3v) is 4.79. The van der Waals surface area contributed by atoms with E-state index in [9.17, 15) is 14.4 Å². The number of H-pyrrole nitrogens is 1. The van der Waals surface area contributed by atoms with Crippen LogP contribution in [-0.4, -0.2) is 48.2 Å². The molecule has 1 aliphatic rings. The molecule has 3 heterocycles. The van der Waals surface area contributed by atoms with E-state index in [2.05, 4.69) is 15.3 Å². The average molecular weight is 389 g/mol. The van der Waals surface area contributed by atoms with Crippen LogP contribution in [0.5, 0.6) is 0 Å². The summed E-state index contributed by atoms with van der Waals surface area (Å²) < 4.78 is 15.5. The van der Waals surface area contributed by atoms with E-state index >= 15 is 0 Å². The van der Waals surface area contributed by atoms with Crippen LogP contribution in [0.15, 0.2) is 27.8 Å². The zero-order valence-corrected chi connectivity index (χ0v) is 15.8. The minimum Gasteiger partial charge on any atom is -0.467 e. The van der Waals surface area contributed by atoms with Crippen LogP contribution in [0.1, 0.15) is 46.1 Å². The van der Waals surface area contributed by atoms with E-state index in [1.165, 1.54) is 13.4 Å². The van der Waals surface area contributed by atoms with Crippen molar-refractivity contribution in [1.82, 2.24) is 15.3 Å². The number of aromatic amines is 1. The van der Waals surface area contributed by atoms with Gasteiger partial charge in [0.25, 0.3) is 5.91 Å². The number of nitrogens with zero attached hydrogens (tertiary/aromatic N) is 1. The Morgan fingerprint density at radius 3 is 2.75 bits per heavy atom. The number of aromatic nitrogens is 2. The number of ether oxygens (including phenoxy) is 2. The first kappa shape index (κ1) is 19.8. The quantitative estimate of drug-likeness (QED) is 0.709. The summed E-state index contributed by atoms with van der Waals surface area (Å²) in [5.41, 5.74) is 0.313. The Labute approximate surface area is 161 Å². The molecule has 0 aliphatic carbocycles. The summed E-state index contributed by atoms with van der Waals surface area (Å²) in [5.74, 6) is -0.645. The van der Waals surface area contributed by atoms with Crippen LogP contribution >= 0.6 is 0 Å². The van der Waals surface area contributed by atoms with E-state index in [0.29, 0.717) is 30.2 Å². The lowest BCUT2D eigenvalue weighted by Gasteiger charge is -2.21. The van der Waals surface area contributed by atoms with Gasteiger partial charge in [0.1, 0.15) is 17.4 Å². The third-order valence-electron chi connectivity index (χ3n) is 4.79. The maximum atomic E-state index is 12.7. The number of carbonyl (C=O) groups is 2. The van der Waals surface area contributed by atoms with Crippen molar-refractivity contribution in [3.63, 3.8) is 0 Å². The zero-order chi connectivity index (χ0) is 20.1. The van der Waals surface area contributed by atoms with Crippen molar-refractivity contribution in [2.75, 3.05) is 20.3 Å². The SMILES string of the molecule is COC(=O)[C@H](Cc1cnc[nH]1)NC(=O)c1c(C)cc(C2CCOCC2)oc1=O. The van der Waals surface area contributed by atoms with Gasteiger partial charge >= 0.3 is 11.6 Å². The van der Waals surface area contributed by atoms with Gasteiger partial charge in [0.15, 0.2) is 0 Å². The second-order valence-corrected chi connectivity index (χ2v) is 6.71. The molecular weight excluding hydrogens is 366 g/mol. The molecule has 0 aromatic carbocycles. The number of hydrogen-bond acceptors (Lipinski definition) is 7. The predicted molar refractivity (Wildman–Crippen MR) is 98.1 cm³/mol. The topological polar surface area (TPSA) is 124 Å². The molecule has 2 aromatic rings. The van der Waals surface area contributed by atoms with Gasteiger partial charge in [-0.05, 0) is 31.4 Å². The lowest BCUT2D eigenvalue weighted by molar-refractivity contribution is -0.142. The van der Waals surface area contributed by atoms with Crippen molar-refractivity contribution < 1.29 is 23.5 Å². The molecule has 0 bridgehead atoms. The molecule has 1 aliphatic heterocycles. The van der Waals surface area contributed by atoms with E-state index in [-0.39, 0.29) is 17.9 Å². The van der Waals surface area contributed by atoms with Gasteiger partial charge in [-0.2, -0.15) is 0 Å². The second-order valence-electron chi connectivity index (χ2n) is 6.71. The fourth-order valence-corrected chi connectivity index (χ4v) is 3.27. The van der Waals surface area contributed by atoms with E-state index in [1.807, 2.05) is 0 Å². The zero-order valence-electron chi connectivity index (χ0n) is 15.8. The van der Waals surface area contributed by atoms with Gasteiger partial charge in [-0.25, -0.2) is 14.6 Å². The van der Waals surface area contributed by atoms with E-state index in [4.69, 9.17) is 13.9 Å². The smallest absolute Gasteiger partial charge is 0.349 e. The molecule has 1 amide bonds. The van der Waals surface area contributed by atoms with E-state index in [0.717, 1.165) is 12.8 Å². The lowest BCUT2D eigenvalue weighted by atomic mass is 9.95.